The van der Waals surface area contributed by atoms with E-state index in [0.717, 1.165) is 44.1 Å². The van der Waals surface area contributed by atoms with Crippen molar-refractivity contribution in [1.82, 2.24) is 4.90 Å². The van der Waals surface area contributed by atoms with Gasteiger partial charge >= 0.3 is 0 Å². The maximum Gasteiger partial charge on any atom is 0.257 e. The molecule has 0 spiro atoms. The molecule has 1 amide bonds. The first-order valence-electron chi connectivity index (χ1n) is 11.1. The number of nitriles is 1. The SMILES string of the molecule is CS(=O)(=O)c1ccc(OC2CCCC2)c(C(=O)N2CCN(c3cc(F)c(C#N)c(F)c3)CC2)c1. The van der Waals surface area contributed by atoms with Crippen molar-refractivity contribution in [3.8, 4) is 11.8 Å². The molecule has 0 aromatic heterocycles. The second kappa shape index (κ2) is 9.58. The molecule has 4 rings (SSSR count). The summed E-state index contributed by atoms with van der Waals surface area (Å²) in [6, 6.07) is 8.08. The van der Waals surface area contributed by atoms with Gasteiger partial charge in [0.05, 0.1) is 16.6 Å². The summed E-state index contributed by atoms with van der Waals surface area (Å²) in [5.74, 6) is -1.84. The van der Waals surface area contributed by atoms with Crippen LogP contribution in [0.5, 0.6) is 5.75 Å². The van der Waals surface area contributed by atoms with E-state index in [1.807, 2.05) is 0 Å². The van der Waals surface area contributed by atoms with Crippen LogP contribution in [0.4, 0.5) is 14.5 Å². The van der Waals surface area contributed by atoms with Crippen LogP contribution in [0.3, 0.4) is 0 Å². The van der Waals surface area contributed by atoms with Gasteiger partial charge in [-0.2, -0.15) is 5.26 Å². The van der Waals surface area contributed by atoms with Crippen LogP contribution < -0.4 is 9.64 Å². The predicted molar refractivity (Wildman–Crippen MR) is 122 cm³/mol. The lowest BCUT2D eigenvalue weighted by atomic mass is 10.1. The molecule has 1 heterocycles. The molecule has 2 aromatic carbocycles. The Hall–Kier alpha value is -3.19. The standard InChI is InChI=1S/C24H25F2N3O4S/c1-34(31,32)18-6-7-23(33-17-4-2-3-5-17)19(14-18)24(30)29-10-8-28(9-11-29)16-12-21(25)20(15-27)22(26)13-16/h6-7,12-14,17H,2-5,8-11H2,1H3. The van der Waals surface area contributed by atoms with Crippen molar-refractivity contribution in [2.75, 3.05) is 37.3 Å². The number of benzene rings is 2. The summed E-state index contributed by atoms with van der Waals surface area (Å²) in [7, 11) is -3.52. The van der Waals surface area contributed by atoms with E-state index in [-0.39, 0.29) is 35.6 Å². The molecule has 0 N–H and O–H groups in total. The third-order valence-corrected chi connectivity index (χ3v) is 7.39. The van der Waals surface area contributed by atoms with E-state index in [2.05, 4.69) is 0 Å². The summed E-state index contributed by atoms with van der Waals surface area (Å²) in [5.41, 5.74) is -0.137. The zero-order chi connectivity index (χ0) is 24.5. The Morgan fingerprint density at radius 1 is 1.06 bits per heavy atom. The van der Waals surface area contributed by atoms with Crippen LogP contribution in [-0.2, 0) is 9.84 Å². The van der Waals surface area contributed by atoms with Gasteiger partial charge in [0, 0.05) is 38.1 Å². The lowest BCUT2D eigenvalue weighted by molar-refractivity contribution is 0.0739. The van der Waals surface area contributed by atoms with Crippen molar-refractivity contribution in [3.63, 3.8) is 0 Å². The number of carbonyl (C=O) groups excluding carboxylic acids is 1. The Bertz CT molecular complexity index is 1220. The molecule has 1 saturated carbocycles. The first kappa shape index (κ1) is 24.0. The molecular formula is C24H25F2N3O4S. The molecule has 2 aliphatic rings. The van der Waals surface area contributed by atoms with E-state index in [9.17, 15) is 22.0 Å². The molecule has 180 valence electrons. The maximum atomic E-state index is 14.0. The molecule has 0 atom stereocenters. The van der Waals surface area contributed by atoms with E-state index < -0.39 is 27.0 Å². The number of sulfone groups is 1. The molecule has 1 aliphatic carbocycles. The summed E-state index contributed by atoms with van der Waals surface area (Å²) < 4.78 is 58.3. The highest BCUT2D eigenvalue weighted by atomic mass is 32.2. The highest BCUT2D eigenvalue weighted by Gasteiger charge is 2.28. The number of nitrogens with zero attached hydrogens (tertiary/aromatic N) is 3. The summed E-state index contributed by atoms with van der Waals surface area (Å²) in [6.45, 7) is 1.18. The second-order valence-electron chi connectivity index (χ2n) is 8.63. The lowest BCUT2D eigenvalue weighted by Gasteiger charge is -2.36. The first-order valence-corrected chi connectivity index (χ1v) is 13.0. The molecule has 10 heteroatoms. The fraction of sp³-hybridized carbons (Fsp3) is 0.417. The third kappa shape index (κ3) is 4.99. The van der Waals surface area contributed by atoms with E-state index in [0.29, 0.717) is 24.5 Å². The van der Waals surface area contributed by atoms with Crippen LogP contribution in [0.2, 0.25) is 0 Å². The summed E-state index contributed by atoms with van der Waals surface area (Å²) in [6.07, 6.45) is 4.95. The highest BCUT2D eigenvalue weighted by Crippen LogP contribution is 2.30. The lowest BCUT2D eigenvalue weighted by Crippen LogP contribution is -2.49. The first-order chi connectivity index (χ1) is 16.2. The van der Waals surface area contributed by atoms with Crippen molar-refractivity contribution in [2.24, 2.45) is 0 Å². The number of halogens is 2. The van der Waals surface area contributed by atoms with Crippen molar-refractivity contribution in [3.05, 3.63) is 53.1 Å². The van der Waals surface area contributed by atoms with E-state index in [1.165, 1.54) is 18.2 Å². The van der Waals surface area contributed by atoms with Gasteiger partial charge < -0.3 is 14.5 Å². The number of ether oxygens (including phenoxy) is 1. The van der Waals surface area contributed by atoms with E-state index in [4.69, 9.17) is 10.00 Å². The molecule has 0 bridgehead atoms. The number of amides is 1. The average Bonchev–Trinajstić information content (AvgIpc) is 3.31. The summed E-state index contributed by atoms with van der Waals surface area (Å²) >= 11 is 0. The fourth-order valence-corrected chi connectivity index (χ4v) is 5.03. The monoisotopic (exact) mass is 489 g/mol. The zero-order valence-corrected chi connectivity index (χ0v) is 19.6. The van der Waals surface area contributed by atoms with E-state index >= 15 is 0 Å². The van der Waals surface area contributed by atoms with Gasteiger partial charge in [0.2, 0.25) is 0 Å². The van der Waals surface area contributed by atoms with Gasteiger partial charge in [-0.05, 0) is 56.0 Å². The average molecular weight is 490 g/mol. The van der Waals surface area contributed by atoms with Gasteiger partial charge in [-0.15, -0.1) is 0 Å². The summed E-state index contributed by atoms with van der Waals surface area (Å²) in [5, 5.41) is 8.85. The summed E-state index contributed by atoms with van der Waals surface area (Å²) in [4.78, 5) is 16.7. The van der Waals surface area contributed by atoms with Crippen LogP contribution in [0.15, 0.2) is 35.2 Å². The van der Waals surface area contributed by atoms with Crippen molar-refractivity contribution in [2.45, 2.75) is 36.7 Å². The molecule has 2 fully saturated rings. The van der Waals surface area contributed by atoms with Crippen LogP contribution in [0.1, 0.15) is 41.6 Å². The van der Waals surface area contributed by atoms with Crippen LogP contribution in [-0.4, -0.2) is 57.8 Å². The molecule has 0 unspecified atom stereocenters. The largest absolute Gasteiger partial charge is 0.490 e. The molecule has 1 aliphatic heterocycles. The van der Waals surface area contributed by atoms with Gasteiger partial charge in [0.15, 0.2) is 9.84 Å². The quantitative estimate of drug-likeness (QED) is 0.638. The number of hydrogen-bond donors (Lipinski definition) is 0. The second-order valence-corrected chi connectivity index (χ2v) is 10.6. The van der Waals surface area contributed by atoms with Crippen LogP contribution >= 0.6 is 0 Å². The van der Waals surface area contributed by atoms with Gasteiger partial charge in [-0.25, -0.2) is 17.2 Å². The normalized spacial score (nSPS) is 17.0. The number of carbonyl (C=O) groups is 1. The third-order valence-electron chi connectivity index (χ3n) is 6.28. The van der Waals surface area contributed by atoms with Gasteiger partial charge in [0.25, 0.3) is 5.91 Å². The fourth-order valence-electron chi connectivity index (χ4n) is 4.38. The molecular weight excluding hydrogens is 464 g/mol. The smallest absolute Gasteiger partial charge is 0.257 e. The Kier molecular flexibility index (Phi) is 6.75. The number of rotatable bonds is 5. The number of anilines is 1. The Balaban J connectivity index is 1.53. The van der Waals surface area contributed by atoms with E-state index in [1.54, 1.807) is 15.9 Å². The Labute approximate surface area is 197 Å². The van der Waals surface area contributed by atoms with Gasteiger partial charge in [0.1, 0.15) is 29.0 Å². The maximum absolute atomic E-state index is 14.0. The van der Waals surface area contributed by atoms with Crippen LogP contribution in [0.25, 0.3) is 0 Å². The zero-order valence-electron chi connectivity index (χ0n) is 18.8. The minimum absolute atomic E-state index is 0.00587. The van der Waals surface area contributed by atoms with Crippen molar-refractivity contribution < 1.29 is 26.7 Å². The molecule has 1 saturated heterocycles. The number of hydrogen-bond acceptors (Lipinski definition) is 6. The van der Waals surface area contributed by atoms with Crippen molar-refractivity contribution >= 4 is 21.4 Å². The predicted octanol–water partition coefficient (Wildman–Crippen LogP) is 3.52. The molecule has 7 nitrogen and oxygen atoms in total. The number of piperazine rings is 1. The van der Waals surface area contributed by atoms with Gasteiger partial charge in [-0.3, -0.25) is 4.79 Å². The minimum atomic E-state index is -3.52. The Morgan fingerprint density at radius 3 is 2.24 bits per heavy atom. The van der Waals surface area contributed by atoms with Gasteiger partial charge in [-0.1, -0.05) is 0 Å². The van der Waals surface area contributed by atoms with Crippen molar-refractivity contribution in [1.29, 1.82) is 5.26 Å². The topological polar surface area (TPSA) is 90.7 Å². The minimum Gasteiger partial charge on any atom is -0.490 e. The molecule has 0 radical (unpaired) electrons. The molecule has 34 heavy (non-hydrogen) atoms. The highest BCUT2D eigenvalue weighted by molar-refractivity contribution is 7.90. The van der Waals surface area contributed by atoms with Crippen LogP contribution in [0, 0.1) is 23.0 Å². The Morgan fingerprint density at radius 2 is 1.68 bits per heavy atom. The molecule has 2 aromatic rings.